The number of nitrogens with two attached hydrogens (primary N) is 1. The van der Waals surface area contributed by atoms with Crippen molar-refractivity contribution in [1.29, 1.82) is 0 Å². The van der Waals surface area contributed by atoms with E-state index in [0.29, 0.717) is 38.5 Å². The van der Waals surface area contributed by atoms with Crippen LogP contribution in [0.2, 0.25) is 0 Å². The van der Waals surface area contributed by atoms with E-state index in [4.69, 9.17) is 20.3 Å². The summed E-state index contributed by atoms with van der Waals surface area (Å²) in [6, 6.07) is 8.42. The van der Waals surface area contributed by atoms with Gasteiger partial charge in [-0.25, -0.2) is 4.98 Å². The summed E-state index contributed by atoms with van der Waals surface area (Å²) in [6.45, 7) is 11.7. The third kappa shape index (κ3) is 13.0. The van der Waals surface area contributed by atoms with E-state index >= 15 is 0 Å². The van der Waals surface area contributed by atoms with Gasteiger partial charge in [0.25, 0.3) is 0 Å². The lowest BCUT2D eigenvalue weighted by atomic mass is 10.1. The predicted octanol–water partition coefficient (Wildman–Crippen LogP) is 3.48. The predicted molar refractivity (Wildman–Crippen MR) is 201 cm³/mol. The van der Waals surface area contributed by atoms with Gasteiger partial charge in [0.05, 0.1) is 44.1 Å². The molecule has 0 spiro atoms. The number of aliphatic carboxylic acids is 1. The van der Waals surface area contributed by atoms with E-state index in [1.807, 2.05) is 12.3 Å². The number of benzene rings is 1. The van der Waals surface area contributed by atoms with Gasteiger partial charge in [-0.05, 0) is 31.0 Å². The lowest BCUT2D eigenvalue weighted by Crippen LogP contribution is -2.46. The number of carbonyl (C=O) groups is 3. The van der Waals surface area contributed by atoms with Crippen molar-refractivity contribution in [2.24, 2.45) is 0 Å². The molecule has 1 saturated heterocycles. The number of thioether (sulfide) groups is 1. The summed E-state index contributed by atoms with van der Waals surface area (Å²) in [7, 11) is 1.71. The van der Waals surface area contributed by atoms with Crippen LogP contribution in [0, 0.1) is 0 Å². The summed E-state index contributed by atoms with van der Waals surface area (Å²) >= 11 is 1.20. The molecular weight excluding hydrogens is 673 g/mol. The number of hydrogen-bond acceptors (Lipinski definition) is 12. The number of unbranched alkanes of at least 4 members (excludes halogenated alkanes) is 2. The number of ether oxygens (including phenoxy) is 2. The highest BCUT2D eigenvalue weighted by molar-refractivity contribution is 8.00. The Morgan fingerprint density at radius 3 is 2.55 bits per heavy atom. The molecule has 1 aliphatic rings. The van der Waals surface area contributed by atoms with Crippen LogP contribution < -0.4 is 21.1 Å². The summed E-state index contributed by atoms with van der Waals surface area (Å²) in [6.07, 6.45) is 5.42. The normalized spacial score (nSPS) is 14.4. The molecule has 3 aromatic rings. The second-order valence-corrected chi connectivity index (χ2v) is 14.1. The first-order valence-corrected chi connectivity index (χ1v) is 18.9. The molecule has 2 aromatic heterocycles. The largest absolute Gasteiger partial charge is 0.496 e. The number of Topliss-reactive ketones (excluding diaryl/α,β-unsaturated/α-hetero) is 1. The first kappa shape index (κ1) is 39.9. The quantitative estimate of drug-likeness (QED) is 0.105. The number of aromatic nitrogens is 3. The third-order valence-corrected chi connectivity index (χ3v) is 10.0. The molecule has 1 aliphatic heterocycles. The number of nitrogen functional groups attached to an aromatic ring is 1. The molecule has 14 nitrogen and oxygen atoms in total. The summed E-state index contributed by atoms with van der Waals surface area (Å²) in [5.74, 6) is 0.914. The highest BCUT2D eigenvalue weighted by atomic mass is 32.2. The molecule has 4 rings (SSSR count). The number of nitrogens with zero attached hydrogens (tertiary/aromatic N) is 5. The van der Waals surface area contributed by atoms with Gasteiger partial charge >= 0.3 is 5.97 Å². The maximum absolute atomic E-state index is 12.5. The lowest BCUT2D eigenvalue weighted by Gasteiger charge is -2.34. The molecule has 0 radical (unpaired) electrons. The Labute approximate surface area is 304 Å². The number of carboxylic acids is 1. The maximum Gasteiger partial charge on any atom is 0.305 e. The van der Waals surface area contributed by atoms with Crippen molar-refractivity contribution in [2.45, 2.75) is 64.3 Å². The van der Waals surface area contributed by atoms with Crippen LogP contribution in [0.25, 0.3) is 11.0 Å². The first-order chi connectivity index (χ1) is 24.7. The Morgan fingerprint density at radius 1 is 1.04 bits per heavy atom. The third-order valence-electron chi connectivity index (χ3n) is 8.79. The number of piperazine rings is 1. The molecule has 1 atom stereocenters. The molecular formula is C36H54N8O6S. The number of methoxy groups -OCH3 is 1. The smallest absolute Gasteiger partial charge is 0.305 e. The van der Waals surface area contributed by atoms with Gasteiger partial charge in [-0.2, -0.15) is 4.98 Å². The van der Waals surface area contributed by atoms with Crippen LogP contribution in [0.15, 0.2) is 30.5 Å². The Balaban J connectivity index is 1.19. The zero-order chi connectivity index (χ0) is 36.6. The van der Waals surface area contributed by atoms with Crippen LogP contribution in [-0.2, 0) is 32.2 Å². The summed E-state index contributed by atoms with van der Waals surface area (Å²) in [5.41, 5.74) is 10.0. The minimum atomic E-state index is -1.04. The van der Waals surface area contributed by atoms with Crippen molar-refractivity contribution in [3.63, 3.8) is 0 Å². The summed E-state index contributed by atoms with van der Waals surface area (Å²) in [4.78, 5) is 48.6. The molecule has 0 aliphatic carbocycles. The number of amides is 1. The molecule has 1 amide bonds. The van der Waals surface area contributed by atoms with E-state index in [1.54, 1.807) is 7.11 Å². The van der Waals surface area contributed by atoms with Gasteiger partial charge in [-0.15, -0.1) is 11.8 Å². The highest BCUT2D eigenvalue weighted by Crippen LogP contribution is 2.27. The van der Waals surface area contributed by atoms with Gasteiger partial charge in [-0.3, -0.25) is 24.2 Å². The average Bonchev–Trinajstić information content (AvgIpc) is 3.50. The average molecular weight is 727 g/mol. The molecule has 1 fully saturated rings. The van der Waals surface area contributed by atoms with E-state index < -0.39 is 11.2 Å². The monoisotopic (exact) mass is 726 g/mol. The van der Waals surface area contributed by atoms with Crippen LogP contribution in [0.4, 0.5) is 11.8 Å². The fourth-order valence-corrected chi connectivity index (χ4v) is 7.16. The minimum absolute atomic E-state index is 0.0136. The van der Waals surface area contributed by atoms with Crippen LogP contribution in [0.5, 0.6) is 5.75 Å². The molecule has 0 bridgehead atoms. The number of ketones is 1. The van der Waals surface area contributed by atoms with Crippen LogP contribution in [-0.4, -0.2) is 124 Å². The van der Waals surface area contributed by atoms with Crippen molar-refractivity contribution in [3.05, 3.63) is 41.6 Å². The molecule has 1 aromatic carbocycles. The van der Waals surface area contributed by atoms with E-state index in [1.165, 1.54) is 24.2 Å². The fraction of sp³-hybridized carbons (Fsp3) is 0.583. The van der Waals surface area contributed by atoms with E-state index in [-0.39, 0.29) is 24.1 Å². The van der Waals surface area contributed by atoms with Crippen molar-refractivity contribution < 1.29 is 29.0 Å². The zero-order valence-electron chi connectivity index (χ0n) is 30.2. The topological polar surface area (TPSA) is 177 Å². The van der Waals surface area contributed by atoms with Gasteiger partial charge in [0.2, 0.25) is 11.9 Å². The number of carbonyl (C=O) groups excluding carboxylic acids is 2. The van der Waals surface area contributed by atoms with E-state index in [2.05, 4.69) is 60.1 Å². The number of anilines is 2. The summed E-state index contributed by atoms with van der Waals surface area (Å²) < 4.78 is 13.7. The Bertz CT molecular complexity index is 1580. The maximum atomic E-state index is 12.5. The van der Waals surface area contributed by atoms with Crippen LogP contribution in [0.1, 0.15) is 57.1 Å². The summed E-state index contributed by atoms with van der Waals surface area (Å²) in [5, 5.41) is 14.6. The number of carboxylic acid groups (broad SMARTS) is 1. The van der Waals surface area contributed by atoms with Gasteiger partial charge < -0.3 is 35.5 Å². The Kier molecular flexibility index (Phi) is 16.3. The van der Waals surface area contributed by atoms with Crippen LogP contribution >= 0.6 is 11.8 Å². The minimum Gasteiger partial charge on any atom is -0.496 e. The Morgan fingerprint density at radius 2 is 1.82 bits per heavy atom. The van der Waals surface area contributed by atoms with Crippen LogP contribution in [0.3, 0.4) is 0 Å². The lowest BCUT2D eigenvalue weighted by molar-refractivity contribution is -0.138. The van der Waals surface area contributed by atoms with Gasteiger partial charge in [0.1, 0.15) is 17.0 Å². The van der Waals surface area contributed by atoms with Gasteiger partial charge in [-0.1, -0.05) is 31.9 Å². The van der Waals surface area contributed by atoms with Crippen molar-refractivity contribution in [3.8, 4) is 5.75 Å². The second-order valence-electron chi connectivity index (χ2n) is 12.8. The van der Waals surface area contributed by atoms with Crippen molar-refractivity contribution in [1.82, 2.24) is 29.7 Å². The SMILES string of the molecule is CCCCCNc1nc(N)nc2ccn(Cc3ccc(CN4CCN(CCOCCNC(=O)C(CC(=O)O)SCCC(C)=O)CC4)cc3OC)c12. The van der Waals surface area contributed by atoms with Gasteiger partial charge in [0.15, 0.2) is 5.82 Å². The van der Waals surface area contributed by atoms with E-state index in [9.17, 15) is 14.4 Å². The molecule has 15 heteroatoms. The zero-order valence-corrected chi connectivity index (χ0v) is 31.0. The molecule has 0 saturated carbocycles. The fourth-order valence-electron chi connectivity index (χ4n) is 5.98. The van der Waals surface area contributed by atoms with Crippen molar-refractivity contribution in [2.75, 3.05) is 82.9 Å². The van der Waals surface area contributed by atoms with E-state index in [0.717, 1.165) is 93.2 Å². The first-order valence-electron chi connectivity index (χ1n) is 17.8. The number of nitrogens with one attached hydrogen (secondary N) is 2. The molecule has 280 valence electrons. The second kappa shape index (κ2) is 20.8. The van der Waals surface area contributed by atoms with Gasteiger partial charge in [0, 0.05) is 76.3 Å². The van der Waals surface area contributed by atoms with Crippen molar-refractivity contribution >= 4 is 52.2 Å². The molecule has 51 heavy (non-hydrogen) atoms. The Hall–Kier alpha value is -3.92. The standard InChI is InChI=1S/C36H54N8O6S/c1-4-5-6-11-38-34-33-29(40-36(37)41-34)9-13-44(33)25-28-8-7-27(22-30(28)49-3)24-43-16-14-42(15-17-43)18-20-50-19-12-39-35(48)31(23-32(46)47)51-21-10-26(2)45/h7-9,13,22,31H,4-6,10-12,14-21,23-25H2,1-3H3,(H,39,48)(H,46,47)(H3,37,38,40,41). The highest BCUT2D eigenvalue weighted by Gasteiger charge is 2.22. The number of rotatable bonds is 23. The number of fused-ring (bicyclic) bond motifs is 1. The molecule has 3 heterocycles. The molecule has 1 unspecified atom stereocenters. The molecule has 5 N–H and O–H groups in total. The number of hydrogen-bond donors (Lipinski definition) is 4.